The van der Waals surface area contributed by atoms with Gasteiger partial charge in [-0.3, -0.25) is 0 Å². The molecule has 1 aliphatic heterocycles. The van der Waals surface area contributed by atoms with Crippen molar-refractivity contribution in [3.63, 3.8) is 0 Å². The van der Waals surface area contributed by atoms with E-state index in [9.17, 15) is 0 Å². The van der Waals surface area contributed by atoms with Gasteiger partial charge in [0.15, 0.2) is 6.29 Å². The lowest BCUT2D eigenvalue weighted by molar-refractivity contribution is -0.162. The van der Waals surface area contributed by atoms with Gasteiger partial charge in [0.1, 0.15) is 0 Å². The van der Waals surface area contributed by atoms with Crippen molar-refractivity contribution >= 4 is 0 Å². The molecule has 3 atom stereocenters. The summed E-state index contributed by atoms with van der Waals surface area (Å²) < 4.78 is 4.69. The Morgan fingerprint density at radius 3 is 2.56 bits per heavy atom. The highest BCUT2D eigenvalue weighted by atomic mass is 16.6. The number of hydrogen-bond donors (Lipinski definition) is 3. The van der Waals surface area contributed by atoms with Gasteiger partial charge < -0.3 is 20.7 Å². The SMILES string of the molecule is N[C@@H]1CC(O)OC[C@H]1O. The van der Waals surface area contributed by atoms with Crippen molar-refractivity contribution in [3.8, 4) is 0 Å². The van der Waals surface area contributed by atoms with E-state index in [1.54, 1.807) is 0 Å². The van der Waals surface area contributed by atoms with Gasteiger partial charge in [0.05, 0.1) is 12.7 Å². The summed E-state index contributed by atoms with van der Waals surface area (Å²) in [6.07, 6.45) is -1.09. The zero-order valence-corrected chi connectivity index (χ0v) is 5.03. The number of aliphatic hydroxyl groups is 2. The van der Waals surface area contributed by atoms with Gasteiger partial charge in [0.25, 0.3) is 0 Å². The van der Waals surface area contributed by atoms with Crippen LogP contribution in [0.25, 0.3) is 0 Å². The molecule has 0 bridgehead atoms. The molecule has 0 radical (unpaired) electrons. The van der Waals surface area contributed by atoms with E-state index in [0.717, 1.165) is 0 Å². The van der Waals surface area contributed by atoms with Gasteiger partial charge in [-0.05, 0) is 0 Å². The fraction of sp³-hybridized carbons (Fsp3) is 1.00. The van der Waals surface area contributed by atoms with Crippen molar-refractivity contribution < 1.29 is 14.9 Å². The quantitative estimate of drug-likeness (QED) is 0.372. The summed E-state index contributed by atoms with van der Waals surface area (Å²) in [5.41, 5.74) is 5.38. The molecule has 0 saturated carbocycles. The Kier molecular flexibility index (Phi) is 2.02. The number of ether oxygens (including phenoxy) is 1. The van der Waals surface area contributed by atoms with Crippen LogP contribution in [0.4, 0.5) is 0 Å². The largest absolute Gasteiger partial charge is 0.389 e. The summed E-state index contributed by atoms with van der Waals surface area (Å²) in [6.45, 7) is 0.141. The molecular weight excluding hydrogens is 122 g/mol. The fourth-order valence-electron chi connectivity index (χ4n) is 0.791. The number of nitrogens with two attached hydrogens (primary N) is 1. The van der Waals surface area contributed by atoms with Crippen LogP contribution in [0.1, 0.15) is 6.42 Å². The lowest BCUT2D eigenvalue weighted by Gasteiger charge is -2.27. The van der Waals surface area contributed by atoms with Gasteiger partial charge in [-0.25, -0.2) is 0 Å². The summed E-state index contributed by atoms with van der Waals surface area (Å²) in [7, 11) is 0. The molecule has 0 aromatic carbocycles. The first-order valence-electron chi connectivity index (χ1n) is 2.93. The number of rotatable bonds is 0. The maximum atomic E-state index is 8.93. The third kappa shape index (κ3) is 1.62. The molecule has 1 saturated heterocycles. The molecule has 0 aromatic rings. The molecule has 1 rings (SSSR count). The molecule has 4 nitrogen and oxygen atoms in total. The second-order valence-corrected chi connectivity index (χ2v) is 2.25. The highest BCUT2D eigenvalue weighted by molar-refractivity contribution is 4.76. The minimum absolute atomic E-state index is 0.141. The average Bonchev–Trinajstić information content (AvgIpc) is 1.80. The minimum atomic E-state index is -0.789. The molecule has 0 spiro atoms. The van der Waals surface area contributed by atoms with Crippen molar-refractivity contribution in [1.82, 2.24) is 0 Å². The second-order valence-electron chi connectivity index (χ2n) is 2.25. The summed E-state index contributed by atoms with van der Waals surface area (Å²) >= 11 is 0. The zero-order valence-electron chi connectivity index (χ0n) is 5.03. The van der Waals surface area contributed by atoms with Gasteiger partial charge >= 0.3 is 0 Å². The Morgan fingerprint density at radius 1 is 1.44 bits per heavy atom. The second kappa shape index (κ2) is 2.62. The molecule has 0 amide bonds. The van der Waals surface area contributed by atoms with E-state index in [1.165, 1.54) is 0 Å². The van der Waals surface area contributed by atoms with Crippen LogP contribution in [0.15, 0.2) is 0 Å². The Bertz CT molecular complexity index is 98.2. The Hall–Kier alpha value is -0.160. The highest BCUT2D eigenvalue weighted by Gasteiger charge is 2.25. The van der Waals surface area contributed by atoms with Crippen molar-refractivity contribution in [3.05, 3.63) is 0 Å². The van der Waals surface area contributed by atoms with Crippen molar-refractivity contribution in [2.45, 2.75) is 24.9 Å². The maximum absolute atomic E-state index is 8.93. The number of hydrogen-bond acceptors (Lipinski definition) is 4. The highest BCUT2D eigenvalue weighted by Crippen LogP contribution is 2.09. The molecule has 4 N–H and O–H groups in total. The van der Waals surface area contributed by atoms with E-state index in [2.05, 4.69) is 4.74 Å². The third-order valence-corrected chi connectivity index (χ3v) is 1.43. The van der Waals surface area contributed by atoms with Gasteiger partial charge in [0.2, 0.25) is 0 Å². The smallest absolute Gasteiger partial charge is 0.156 e. The van der Waals surface area contributed by atoms with E-state index < -0.39 is 12.4 Å². The molecule has 9 heavy (non-hydrogen) atoms. The van der Waals surface area contributed by atoms with Crippen LogP contribution in [0.2, 0.25) is 0 Å². The van der Waals surface area contributed by atoms with Crippen LogP contribution in [0.5, 0.6) is 0 Å². The van der Waals surface area contributed by atoms with Gasteiger partial charge in [-0.1, -0.05) is 0 Å². The summed E-state index contributed by atoms with van der Waals surface area (Å²) in [6, 6.07) is -0.339. The molecule has 1 unspecified atom stereocenters. The summed E-state index contributed by atoms with van der Waals surface area (Å²) in [5, 5.41) is 17.7. The third-order valence-electron chi connectivity index (χ3n) is 1.43. The van der Waals surface area contributed by atoms with Gasteiger partial charge in [-0.15, -0.1) is 0 Å². The first kappa shape index (κ1) is 6.95. The maximum Gasteiger partial charge on any atom is 0.156 e. The average molecular weight is 133 g/mol. The molecule has 54 valence electrons. The molecule has 0 aliphatic carbocycles. The molecule has 1 heterocycles. The predicted molar refractivity (Wildman–Crippen MR) is 30.6 cm³/mol. The molecular formula is C5H11NO3. The van der Waals surface area contributed by atoms with Crippen molar-refractivity contribution in [2.24, 2.45) is 5.73 Å². The zero-order chi connectivity index (χ0) is 6.85. The van der Waals surface area contributed by atoms with Crippen molar-refractivity contribution in [1.29, 1.82) is 0 Å². The van der Waals surface area contributed by atoms with E-state index in [-0.39, 0.29) is 12.6 Å². The standard InChI is InChI=1S/C5H11NO3/c6-3-1-5(8)9-2-4(3)7/h3-5,7-8H,1-2,6H2/t3-,4-,5?/m1/s1. The van der Waals surface area contributed by atoms with E-state index >= 15 is 0 Å². The Balaban J connectivity index is 2.35. The minimum Gasteiger partial charge on any atom is -0.389 e. The summed E-state index contributed by atoms with van der Waals surface area (Å²) in [5.74, 6) is 0. The predicted octanol–water partition coefficient (Wildman–Crippen LogP) is -1.59. The van der Waals surface area contributed by atoms with Crippen LogP contribution in [0, 0.1) is 0 Å². The van der Waals surface area contributed by atoms with E-state index in [0.29, 0.717) is 6.42 Å². The van der Waals surface area contributed by atoms with Crippen LogP contribution < -0.4 is 5.73 Å². The lowest BCUT2D eigenvalue weighted by Crippen LogP contribution is -2.46. The Labute approximate surface area is 53.2 Å². The monoisotopic (exact) mass is 133 g/mol. The molecule has 1 aliphatic rings. The Morgan fingerprint density at radius 2 is 2.11 bits per heavy atom. The topological polar surface area (TPSA) is 75.7 Å². The summed E-state index contributed by atoms with van der Waals surface area (Å²) in [4.78, 5) is 0. The van der Waals surface area contributed by atoms with Crippen LogP contribution in [-0.4, -0.2) is 35.3 Å². The first-order valence-corrected chi connectivity index (χ1v) is 2.93. The van der Waals surface area contributed by atoms with Crippen LogP contribution >= 0.6 is 0 Å². The molecule has 1 fully saturated rings. The lowest BCUT2D eigenvalue weighted by atomic mass is 10.1. The van der Waals surface area contributed by atoms with Gasteiger partial charge in [0, 0.05) is 12.5 Å². The molecule has 4 heteroatoms. The van der Waals surface area contributed by atoms with Crippen molar-refractivity contribution in [2.75, 3.05) is 6.61 Å². The van der Waals surface area contributed by atoms with Crippen LogP contribution in [0.3, 0.4) is 0 Å². The van der Waals surface area contributed by atoms with Gasteiger partial charge in [-0.2, -0.15) is 0 Å². The van der Waals surface area contributed by atoms with Crippen LogP contribution in [-0.2, 0) is 4.74 Å². The van der Waals surface area contributed by atoms with E-state index in [4.69, 9.17) is 15.9 Å². The first-order chi connectivity index (χ1) is 4.20. The normalized spacial score (nSPS) is 45.0. The number of aliphatic hydroxyl groups excluding tert-OH is 2. The fourth-order valence-corrected chi connectivity index (χ4v) is 0.791. The van der Waals surface area contributed by atoms with E-state index in [1.807, 2.05) is 0 Å². The molecule has 0 aromatic heterocycles.